The smallest absolute Gasteiger partial charge is 0.261 e. The number of anilines is 1. The van der Waals surface area contributed by atoms with Crippen LogP contribution in [0.4, 0.5) is 10.3 Å². The SMILES string of the molecule is Cc1nnc(NC(=O)c2cc(F)cnc2Cl)nc1C. The minimum atomic E-state index is -0.659. The molecule has 0 saturated heterocycles. The van der Waals surface area contributed by atoms with Crippen LogP contribution in [0.15, 0.2) is 12.3 Å². The minimum Gasteiger partial charge on any atom is -0.289 e. The Kier molecular flexibility index (Phi) is 3.66. The van der Waals surface area contributed by atoms with Crippen molar-refractivity contribution >= 4 is 23.5 Å². The van der Waals surface area contributed by atoms with Gasteiger partial charge in [0.2, 0.25) is 5.95 Å². The van der Waals surface area contributed by atoms with Crippen LogP contribution in [0.25, 0.3) is 0 Å². The van der Waals surface area contributed by atoms with Crippen molar-refractivity contribution in [3.63, 3.8) is 0 Å². The van der Waals surface area contributed by atoms with E-state index in [0.29, 0.717) is 11.4 Å². The van der Waals surface area contributed by atoms with Crippen LogP contribution < -0.4 is 5.32 Å². The molecule has 19 heavy (non-hydrogen) atoms. The number of nitrogens with one attached hydrogen (secondary N) is 1. The molecular weight excluding hydrogens is 273 g/mol. The number of aromatic nitrogens is 4. The number of hydrogen-bond donors (Lipinski definition) is 1. The topological polar surface area (TPSA) is 80.7 Å². The van der Waals surface area contributed by atoms with E-state index >= 15 is 0 Å². The molecule has 0 spiro atoms. The van der Waals surface area contributed by atoms with Crippen LogP contribution in [0.3, 0.4) is 0 Å². The highest BCUT2D eigenvalue weighted by Crippen LogP contribution is 2.15. The minimum absolute atomic E-state index is 0.0217. The summed E-state index contributed by atoms with van der Waals surface area (Å²) in [5, 5.41) is 9.80. The highest BCUT2D eigenvalue weighted by atomic mass is 35.5. The first-order chi connectivity index (χ1) is 8.97. The van der Waals surface area contributed by atoms with Gasteiger partial charge in [-0.05, 0) is 19.9 Å². The van der Waals surface area contributed by atoms with Crippen LogP contribution in [0.5, 0.6) is 0 Å². The van der Waals surface area contributed by atoms with Gasteiger partial charge in [-0.25, -0.2) is 14.4 Å². The summed E-state index contributed by atoms with van der Waals surface area (Å²) in [5.74, 6) is -1.29. The molecule has 0 fully saturated rings. The lowest BCUT2D eigenvalue weighted by Gasteiger charge is -2.05. The molecule has 0 radical (unpaired) electrons. The van der Waals surface area contributed by atoms with E-state index < -0.39 is 11.7 Å². The third-order valence-corrected chi connectivity index (χ3v) is 2.67. The van der Waals surface area contributed by atoms with Crippen molar-refractivity contribution in [1.29, 1.82) is 0 Å². The van der Waals surface area contributed by atoms with Crippen LogP contribution in [0.1, 0.15) is 21.7 Å². The first kappa shape index (κ1) is 13.3. The number of rotatable bonds is 2. The zero-order chi connectivity index (χ0) is 14.0. The van der Waals surface area contributed by atoms with E-state index in [1.165, 1.54) is 0 Å². The third-order valence-electron chi connectivity index (χ3n) is 2.37. The van der Waals surface area contributed by atoms with Gasteiger partial charge in [0.1, 0.15) is 11.0 Å². The van der Waals surface area contributed by atoms with Gasteiger partial charge >= 0.3 is 0 Å². The van der Waals surface area contributed by atoms with Crippen LogP contribution in [-0.2, 0) is 0 Å². The van der Waals surface area contributed by atoms with Gasteiger partial charge in [0, 0.05) is 0 Å². The Morgan fingerprint density at radius 2 is 2.05 bits per heavy atom. The predicted octanol–water partition coefficient (Wildman–Crippen LogP) is 1.93. The average molecular weight is 282 g/mol. The number of hydrogen-bond acceptors (Lipinski definition) is 5. The van der Waals surface area contributed by atoms with E-state index in [4.69, 9.17) is 11.6 Å². The molecule has 1 amide bonds. The Balaban J connectivity index is 2.25. The molecule has 0 bridgehead atoms. The van der Waals surface area contributed by atoms with Gasteiger partial charge < -0.3 is 0 Å². The summed E-state index contributed by atoms with van der Waals surface area (Å²) < 4.78 is 13.0. The highest BCUT2D eigenvalue weighted by molar-refractivity contribution is 6.33. The van der Waals surface area contributed by atoms with Crippen molar-refractivity contribution in [3.8, 4) is 0 Å². The molecule has 0 aliphatic carbocycles. The summed E-state index contributed by atoms with van der Waals surface area (Å²) in [4.78, 5) is 19.4. The van der Waals surface area contributed by atoms with E-state index in [2.05, 4.69) is 25.5 Å². The summed E-state index contributed by atoms with van der Waals surface area (Å²) in [6.45, 7) is 3.48. The van der Waals surface area contributed by atoms with Gasteiger partial charge in [-0.15, -0.1) is 5.10 Å². The number of amides is 1. The van der Waals surface area contributed by atoms with Gasteiger partial charge in [0.05, 0.1) is 23.1 Å². The first-order valence-corrected chi connectivity index (χ1v) is 5.65. The van der Waals surface area contributed by atoms with Gasteiger partial charge in [-0.1, -0.05) is 11.6 Å². The van der Waals surface area contributed by atoms with E-state index in [1.54, 1.807) is 13.8 Å². The Labute approximate surface area is 113 Å². The Bertz CT molecular complexity index is 649. The maximum absolute atomic E-state index is 13.0. The first-order valence-electron chi connectivity index (χ1n) is 5.27. The summed E-state index contributed by atoms with van der Waals surface area (Å²) in [6.07, 6.45) is 0.924. The summed E-state index contributed by atoms with van der Waals surface area (Å²) in [7, 11) is 0. The van der Waals surface area contributed by atoms with Gasteiger partial charge in [-0.3, -0.25) is 10.1 Å². The molecule has 1 N–H and O–H groups in total. The maximum Gasteiger partial charge on any atom is 0.261 e. The standard InChI is InChI=1S/C11H9ClFN5O/c1-5-6(2)17-18-11(15-5)16-10(19)8-3-7(13)4-14-9(8)12/h3-4H,1-2H3,(H,15,16,18,19). The molecule has 0 aromatic carbocycles. The second-order valence-electron chi connectivity index (χ2n) is 3.75. The molecule has 0 saturated carbocycles. The highest BCUT2D eigenvalue weighted by Gasteiger charge is 2.14. The molecule has 6 nitrogen and oxygen atoms in total. The van der Waals surface area contributed by atoms with Crippen LogP contribution in [0, 0.1) is 19.7 Å². The lowest BCUT2D eigenvalue weighted by atomic mass is 10.2. The van der Waals surface area contributed by atoms with Crippen LogP contribution in [-0.4, -0.2) is 26.1 Å². The molecule has 0 unspecified atom stereocenters. The van der Waals surface area contributed by atoms with Crippen LogP contribution >= 0.6 is 11.6 Å². The molecule has 2 heterocycles. The second-order valence-corrected chi connectivity index (χ2v) is 4.11. The van der Waals surface area contributed by atoms with Crippen molar-refractivity contribution < 1.29 is 9.18 Å². The average Bonchev–Trinajstić information content (AvgIpc) is 2.36. The van der Waals surface area contributed by atoms with Crippen molar-refractivity contribution in [2.24, 2.45) is 0 Å². The molecule has 0 atom stereocenters. The van der Waals surface area contributed by atoms with Crippen LogP contribution in [0.2, 0.25) is 5.15 Å². The van der Waals surface area contributed by atoms with Gasteiger partial charge in [-0.2, -0.15) is 5.10 Å². The van der Waals surface area contributed by atoms with Gasteiger partial charge in [0.15, 0.2) is 0 Å². The summed E-state index contributed by atoms with van der Waals surface area (Å²) in [6, 6.07) is 0.985. The zero-order valence-corrected chi connectivity index (χ0v) is 10.9. The van der Waals surface area contributed by atoms with E-state index in [0.717, 1.165) is 12.3 Å². The second kappa shape index (κ2) is 5.23. The third kappa shape index (κ3) is 3.00. The molecule has 8 heteroatoms. The fraction of sp³-hybridized carbons (Fsp3) is 0.182. The fourth-order valence-corrected chi connectivity index (χ4v) is 1.45. The lowest BCUT2D eigenvalue weighted by molar-refractivity contribution is 0.102. The van der Waals surface area contributed by atoms with Crippen molar-refractivity contribution in [1.82, 2.24) is 20.2 Å². The molecule has 98 valence electrons. The largest absolute Gasteiger partial charge is 0.289 e. The number of carbonyl (C=O) groups excluding carboxylic acids is 1. The zero-order valence-electron chi connectivity index (χ0n) is 10.1. The lowest BCUT2D eigenvalue weighted by Crippen LogP contribution is -2.16. The van der Waals surface area contributed by atoms with Gasteiger partial charge in [0.25, 0.3) is 5.91 Å². The molecule has 2 aromatic heterocycles. The number of nitrogens with zero attached hydrogens (tertiary/aromatic N) is 4. The number of carbonyl (C=O) groups is 1. The molecule has 2 rings (SSSR count). The monoisotopic (exact) mass is 281 g/mol. The predicted molar refractivity (Wildman–Crippen MR) is 66.5 cm³/mol. The molecule has 2 aromatic rings. The van der Waals surface area contributed by atoms with E-state index in [9.17, 15) is 9.18 Å². The van der Waals surface area contributed by atoms with E-state index in [-0.39, 0.29) is 16.7 Å². The number of halogens is 2. The van der Waals surface area contributed by atoms with Crippen molar-refractivity contribution in [2.75, 3.05) is 5.32 Å². The number of pyridine rings is 1. The summed E-state index contributed by atoms with van der Waals surface area (Å²) in [5.41, 5.74) is 1.20. The molecular formula is C11H9ClFN5O. The maximum atomic E-state index is 13.0. The normalized spacial score (nSPS) is 10.3. The summed E-state index contributed by atoms with van der Waals surface area (Å²) >= 11 is 5.72. The quantitative estimate of drug-likeness (QED) is 0.851. The van der Waals surface area contributed by atoms with E-state index in [1.807, 2.05) is 0 Å². The Hall–Kier alpha value is -2.15. The Morgan fingerprint density at radius 3 is 2.74 bits per heavy atom. The molecule has 0 aliphatic heterocycles. The molecule has 0 aliphatic rings. The Morgan fingerprint density at radius 1 is 1.32 bits per heavy atom. The fourth-order valence-electron chi connectivity index (χ4n) is 1.26. The van der Waals surface area contributed by atoms with Crippen molar-refractivity contribution in [2.45, 2.75) is 13.8 Å². The van der Waals surface area contributed by atoms with Crippen molar-refractivity contribution in [3.05, 3.63) is 40.2 Å². The number of aryl methyl sites for hydroxylation is 2.